The summed E-state index contributed by atoms with van der Waals surface area (Å²) in [6.45, 7) is -0.468. The van der Waals surface area contributed by atoms with Crippen molar-refractivity contribution in [1.29, 1.82) is 5.26 Å². The van der Waals surface area contributed by atoms with E-state index in [1.807, 2.05) is 6.07 Å². The highest BCUT2D eigenvalue weighted by Crippen LogP contribution is 2.40. The van der Waals surface area contributed by atoms with Crippen LogP contribution in [0.25, 0.3) is 10.7 Å². The van der Waals surface area contributed by atoms with Crippen LogP contribution < -0.4 is 0 Å². The topological polar surface area (TPSA) is 137 Å². The summed E-state index contributed by atoms with van der Waals surface area (Å²) in [7, 11) is 0. The summed E-state index contributed by atoms with van der Waals surface area (Å²) < 4.78 is 7.07. The number of thiazole rings is 1. The lowest BCUT2D eigenvalue weighted by atomic mass is 9.97. The summed E-state index contributed by atoms with van der Waals surface area (Å²) >= 11 is 14.7. The molecule has 0 aliphatic carbocycles. The van der Waals surface area contributed by atoms with Gasteiger partial charge < -0.3 is 20.1 Å². The lowest BCUT2D eigenvalue weighted by molar-refractivity contribution is -0.178. The van der Waals surface area contributed by atoms with Crippen LogP contribution in [0.1, 0.15) is 11.6 Å². The number of hydrogen-bond donors (Lipinski definition) is 3. The second kappa shape index (κ2) is 9.40. The first kappa shape index (κ1) is 22.4. The van der Waals surface area contributed by atoms with Gasteiger partial charge in [-0.1, -0.05) is 40.2 Å². The molecule has 1 aliphatic heterocycles. The summed E-state index contributed by atoms with van der Waals surface area (Å²) in [5.41, 5.74) is -0.244. The number of halogens is 2. The van der Waals surface area contributed by atoms with E-state index >= 15 is 0 Å². The van der Waals surface area contributed by atoms with Crippen molar-refractivity contribution >= 4 is 46.3 Å². The van der Waals surface area contributed by atoms with E-state index in [0.29, 0.717) is 15.6 Å². The van der Waals surface area contributed by atoms with Crippen molar-refractivity contribution < 1.29 is 20.1 Å². The molecule has 0 amide bonds. The van der Waals surface area contributed by atoms with Gasteiger partial charge in [-0.25, -0.2) is 9.67 Å². The molecule has 0 spiro atoms. The number of rotatable bonds is 5. The molecule has 13 heteroatoms. The molecule has 3 N–H and O–H groups in total. The molecule has 0 bridgehead atoms. The van der Waals surface area contributed by atoms with Crippen LogP contribution in [0, 0.1) is 11.3 Å². The zero-order valence-electron chi connectivity index (χ0n) is 15.5. The summed E-state index contributed by atoms with van der Waals surface area (Å²) in [6.07, 6.45) is -0.216. The number of aliphatic hydroxyl groups is 3. The molecule has 3 aromatic rings. The van der Waals surface area contributed by atoms with E-state index in [0.717, 1.165) is 11.8 Å². The highest BCUT2D eigenvalue weighted by molar-refractivity contribution is 7.99. The molecule has 1 aromatic carbocycles. The van der Waals surface area contributed by atoms with Gasteiger partial charge in [-0.2, -0.15) is 5.26 Å². The van der Waals surface area contributed by atoms with E-state index in [9.17, 15) is 15.3 Å². The summed E-state index contributed by atoms with van der Waals surface area (Å²) in [5, 5.41) is 51.4. The molecule has 5 atom stereocenters. The Morgan fingerprint density at radius 2 is 2.00 bits per heavy atom. The monoisotopic (exact) mass is 499 g/mol. The SMILES string of the molecule is N#Cc1c(Cl)cc(S[C@H]2OC(CO)[C@H](O)[C@H](n3cc(-c4nccs4)nn3)C2O)cc1Cl. The fraction of sp³-hybridized carbons (Fsp3) is 0.333. The lowest BCUT2D eigenvalue weighted by Crippen LogP contribution is -2.55. The highest BCUT2D eigenvalue weighted by Gasteiger charge is 2.46. The number of benzene rings is 1. The van der Waals surface area contributed by atoms with Crippen molar-refractivity contribution in [3.63, 3.8) is 0 Å². The third-order valence-corrected chi connectivity index (χ3v) is 7.22. The lowest BCUT2D eigenvalue weighted by Gasteiger charge is -2.41. The van der Waals surface area contributed by atoms with Gasteiger partial charge in [0.05, 0.1) is 28.4 Å². The van der Waals surface area contributed by atoms with Gasteiger partial charge in [-0.05, 0) is 12.1 Å². The maximum absolute atomic E-state index is 11.0. The predicted octanol–water partition coefficient (Wildman–Crippen LogP) is 2.35. The summed E-state index contributed by atoms with van der Waals surface area (Å²) in [4.78, 5) is 4.72. The van der Waals surface area contributed by atoms with Crippen molar-refractivity contribution in [3.8, 4) is 16.8 Å². The largest absolute Gasteiger partial charge is 0.394 e. The highest BCUT2D eigenvalue weighted by atomic mass is 35.5. The van der Waals surface area contributed by atoms with Gasteiger partial charge in [0, 0.05) is 16.5 Å². The smallest absolute Gasteiger partial charge is 0.145 e. The van der Waals surface area contributed by atoms with Crippen LogP contribution in [0.5, 0.6) is 0 Å². The van der Waals surface area contributed by atoms with Gasteiger partial charge in [0.2, 0.25) is 0 Å². The maximum Gasteiger partial charge on any atom is 0.145 e. The second-order valence-corrected chi connectivity index (χ2v) is 9.49. The molecule has 1 saturated heterocycles. The number of nitriles is 1. The Kier molecular flexibility index (Phi) is 6.80. The minimum Gasteiger partial charge on any atom is -0.394 e. The normalized spacial score (nSPS) is 26.0. The van der Waals surface area contributed by atoms with E-state index < -0.39 is 36.4 Å². The number of aliphatic hydroxyl groups excluding tert-OH is 3. The van der Waals surface area contributed by atoms with Crippen molar-refractivity contribution in [3.05, 3.63) is 45.5 Å². The zero-order valence-corrected chi connectivity index (χ0v) is 18.7. The standard InChI is InChI=1S/C18H15Cl2N5O4S2/c19-10-3-8(4-11(20)9(10)5-21)31-18-16(28)14(15(27)13(7-26)29-18)25-6-12(23-24-25)17-22-1-2-30-17/h1-4,6,13-16,18,26-28H,7H2/t13?,14-,15-,16?,18+/m0/s1. The molecule has 2 unspecified atom stereocenters. The second-order valence-electron chi connectivity index (χ2n) is 6.61. The van der Waals surface area contributed by atoms with Crippen LogP contribution in [0.4, 0.5) is 0 Å². The van der Waals surface area contributed by atoms with Crippen LogP contribution in [-0.4, -0.2) is 65.7 Å². The minimum atomic E-state index is -1.24. The molecule has 1 fully saturated rings. The van der Waals surface area contributed by atoms with Crippen LogP contribution in [0.15, 0.2) is 34.8 Å². The Balaban J connectivity index is 1.62. The fourth-order valence-electron chi connectivity index (χ4n) is 3.21. The average molecular weight is 500 g/mol. The van der Waals surface area contributed by atoms with E-state index in [2.05, 4.69) is 15.3 Å². The first-order chi connectivity index (χ1) is 14.9. The average Bonchev–Trinajstić information content (AvgIpc) is 3.42. The van der Waals surface area contributed by atoms with Crippen molar-refractivity contribution in [1.82, 2.24) is 20.0 Å². The number of thioether (sulfide) groups is 1. The van der Waals surface area contributed by atoms with Gasteiger partial charge in [0.25, 0.3) is 0 Å². The van der Waals surface area contributed by atoms with Gasteiger partial charge in [-0.15, -0.1) is 16.4 Å². The molecule has 3 heterocycles. The fourth-order valence-corrected chi connectivity index (χ4v) is 5.63. The first-order valence-electron chi connectivity index (χ1n) is 8.93. The van der Waals surface area contributed by atoms with Crippen LogP contribution >= 0.6 is 46.3 Å². The Bertz CT molecular complexity index is 1080. The predicted molar refractivity (Wildman–Crippen MR) is 115 cm³/mol. The van der Waals surface area contributed by atoms with Gasteiger partial charge in [0.15, 0.2) is 0 Å². The molecular weight excluding hydrogens is 485 g/mol. The van der Waals surface area contributed by atoms with Gasteiger partial charge in [0.1, 0.15) is 46.6 Å². The van der Waals surface area contributed by atoms with Gasteiger partial charge in [-0.3, -0.25) is 0 Å². The molecule has 31 heavy (non-hydrogen) atoms. The van der Waals surface area contributed by atoms with E-state index in [4.69, 9.17) is 33.2 Å². The number of ether oxygens (including phenoxy) is 1. The molecular formula is C18H15Cl2N5O4S2. The molecule has 162 valence electrons. The van der Waals surface area contributed by atoms with Crippen molar-refractivity contribution in [2.24, 2.45) is 0 Å². The van der Waals surface area contributed by atoms with Crippen molar-refractivity contribution in [2.45, 2.75) is 34.7 Å². The Hall–Kier alpha value is -1.75. The van der Waals surface area contributed by atoms with Crippen molar-refractivity contribution in [2.75, 3.05) is 6.61 Å². The first-order valence-corrected chi connectivity index (χ1v) is 11.4. The van der Waals surface area contributed by atoms with Crippen LogP contribution in [0.3, 0.4) is 0 Å². The van der Waals surface area contributed by atoms with Crippen LogP contribution in [0.2, 0.25) is 10.0 Å². The summed E-state index contributed by atoms with van der Waals surface area (Å²) in [6, 6.07) is 4.07. The van der Waals surface area contributed by atoms with E-state index in [1.165, 1.54) is 28.2 Å². The molecule has 0 radical (unpaired) electrons. The van der Waals surface area contributed by atoms with Gasteiger partial charge >= 0.3 is 0 Å². The Labute approximate surface area is 194 Å². The third kappa shape index (κ3) is 4.44. The molecule has 1 aliphatic rings. The molecule has 2 aromatic heterocycles. The Morgan fingerprint density at radius 1 is 1.26 bits per heavy atom. The number of nitrogens with zero attached hydrogens (tertiary/aromatic N) is 5. The van der Waals surface area contributed by atoms with E-state index in [-0.39, 0.29) is 15.6 Å². The number of aromatic nitrogens is 4. The van der Waals surface area contributed by atoms with Crippen LogP contribution in [-0.2, 0) is 4.74 Å². The summed E-state index contributed by atoms with van der Waals surface area (Å²) in [5.74, 6) is 0. The molecule has 0 saturated carbocycles. The quantitative estimate of drug-likeness (QED) is 0.482. The maximum atomic E-state index is 11.0. The van der Waals surface area contributed by atoms with E-state index in [1.54, 1.807) is 17.8 Å². The zero-order chi connectivity index (χ0) is 22.1. The minimum absolute atomic E-state index is 0.150. The molecule has 9 nitrogen and oxygen atoms in total. The molecule has 4 rings (SSSR count). The number of hydrogen-bond acceptors (Lipinski definition) is 10. The third-order valence-electron chi connectivity index (χ3n) is 4.70. The Morgan fingerprint density at radius 3 is 2.61 bits per heavy atom.